The van der Waals surface area contributed by atoms with Crippen molar-refractivity contribution in [3.8, 4) is 0 Å². The number of piperidine rings is 1. The number of carbonyl (C=O) groups excluding carboxylic acids is 1. The van der Waals surface area contributed by atoms with E-state index in [2.05, 4.69) is 0 Å². The van der Waals surface area contributed by atoms with Crippen LogP contribution in [0.25, 0.3) is 0 Å². The molecular weight excluding hydrogens is 296 g/mol. The Labute approximate surface area is 126 Å². The first kappa shape index (κ1) is 17.9. The second kappa shape index (κ2) is 7.22. The smallest absolute Gasteiger partial charge is 0.323 e. The summed E-state index contributed by atoms with van der Waals surface area (Å²) in [5.74, 6) is -1.47. The largest absolute Gasteiger partial charge is 0.480 e. The van der Waals surface area contributed by atoms with Crippen molar-refractivity contribution in [2.75, 3.05) is 25.4 Å². The second-order valence-corrected chi connectivity index (χ2v) is 7.80. The molecule has 0 atom stereocenters. The van der Waals surface area contributed by atoms with Crippen LogP contribution in [0.4, 0.5) is 0 Å². The number of carbonyl (C=O) groups is 2. The molecule has 0 spiro atoms. The highest BCUT2D eigenvalue weighted by atomic mass is 32.2. The van der Waals surface area contributed by atoms with Gasteiger partial charge in [-0.2, -0.15) is 0 Å². The fourth-order valence-corrected chi connectivity index (χ4v) is 3.61. The third-order valence-electron chi connectivity index (χ3n) is 3.70. The van der Waals surface area contributed by atoms with Crippen molar-refractivity contribution >= 4 is 21.9 Å². The van der Waals surface area contributed by atoms with E-state index in [1.165, 1.54) is 9.21 Å². The molecule has 122 valence electrons. The first-order chi connectivity index (χ1) is 9.69. The lowest BCUT2D eigenvalue weighted by Crippen LogP contribution is -2.51. The van der Waals surface area contributed by atoms with Crippen LogP contribution in [0, 0.1) is 5.92 Å². The van der Waals surface area contributed by atoms with E-state index in [-0.39, 0.29) is 30.2 Å². The lowest BCUT2D eigenvalue weighted by molar-refractivity contribution is -0.148. The maximum Gasteiger partial charge on any atom is 0.323 e. The van der Waals surface area contributed by atoms with Crippen LogP contribution in [0.1, 0.15) is 33.6 Å². The molecule has 1 fully saturated rings. The standard InChI is InChI=1S/C13H24N2O5S/c1-4-21(19,20)14-7-5-11(6-8-14)15(9-12(16)17)13(18)10(2)3/h10-11H,4-9H2,1-3H3,(H,16,17). The van der Waals surface area contributed by atoms with Crippen LogP contribution < -0.4 is 0 Å². The van der Waals surface area contributed by atoms with Gasteiger partial charge >= 0.3 is 5.97 Å². The molecule has 1 N–H and O–H groups in total. The maximum absolute atomic E-state index is 12.1. The molecule has 1 saturated heterocycles. The summed E-state index contributed by atoms with van der Waals surface area (Å²) < 4.78 is 25.0. The SMILES string of the molecule is CCS(=O)(=O)N1CCC(N(CC(=O)O)C(=O)C(C)C)CC1. The number of carboxylic acids is 1. The van der Waals surface area contributed by atoms with E-state index < -0.39 is 16.0 Å². The Balaban J connectivity index is 2.76. The summed E-state index contributed by atoms with van der Waals surface area (Å²) in [7, 11) is -3.22. The predicted molar refractivity (Wildman–Crippen MR) is 78.2 cm³/mol. The first-order valence-corrected chi connectivity index (χ1v) is 8.80. The van der Waals surface area contributed by atoms with Gasteiger partial charge in [0.25, 0.3) is 0 Å². The molecule has 0 unspecified atom stereocenters. The number of hydrogen-bond acceptors (Lipinski definition) is 4. The van der Waals surface area contributed by atoms with Crippen molar-refractivity contribution in [2.45, 2.75) is 39.7 Å². The van der Waals surface area contributed by atoms with Crippen LogP contribution in [0.2, 0.25) is 0 Å². The van der Waals surface area contributed by atoms with Gasteiger partial charge in [-0.1, -0.05) is 13.8 Å². The average Bonchev–Trinajstić information content (AvgIpc) is 2.44. The zero-order valence-electron chi connectivity index (χ0n) is 12.8. The van der Waals surface area contributed by atoms with E-state index >= 15 is 0 Å². The Morgan fingerprint density at radius 3 is 2.19 bits per heavy atom. The van der Waals surface area contributed by atoms with Crippen LogP contribution >= 0.6 is 0 Å². The molecule has 0 aromatic rings. The third kappa shape index (κ3) is 4.67. The predicted octanol–water partition coefficient (Wildman–Crippen LogP) is 0.370. The van der Waals surface area contributed by atoms with E-state index in [4.69, 9.17) is 5.11 Å². The van der Waals surface area contributed by atoms with E-state index in [0.29, 0.717) is 25.9 Å². The lowest BCUT2D eigenvalue weighted by Gasteiger charge is -2.38. The van der Waals surface area contributed by atoms with Crippen LogP contribution in [0.15, 0.2) is 0 Å². The van der Waals surface area contributed by atoms with Gasteiger partial charge < -0.3 is 10.0 Å². The van der Waals surface area contributed by atoms with E-state index in [1.807, 2.05) is 0 Å². The molecule has 0 aromatic carbocycles. The van der Waals surface area contributed by atoms with Crippen LogP contribution in [0.3, 0.4) is 0 Å². The Morgan fingerprint density at radius 1 is 1.29 bits per heavy atom. The number of hydrogen-bond donors (Lipinski definition) is 1. The minimum absolute atomic E-state index is 0.0570. The molecule has 1 rings (SSSR count). The summed E-state index contributed by atoms with van der Waals surface area (Å²) in [5.41, 5.74) is 0. The molecule has 0 saturated carbocycles. The van der Waals surface area contributed by atoms with Crippen LogP contribution in [0.5, 0.6) is 0 Å². The van der Waals surface area contributed by atoms with Gasteiger partial charge in [-0.25, -0.2) is 12.7 Å². The Kier molecular flexibility index (Phi) is 6.15. The summed E-state index contributed by atoms with van der Waals surface area (Å²) in [6, 6.07) is -0.209. The van der Waals surface area contributed by atoms with Gasteiger partial charge in [-0.05, 0) is 19.8 Å². The number of aliphatic carboxylic acids is 1. The van der Waals surface area contributed by atoms with Gasteiger partial charge in [0, 0.05) is 25.0 Å². The molecule has 0 aliphatic carbocycles. The molecule has 21 heavy (non-hydrogen) atoms. The summed E-state index contributed by atoms with van der Waals surface area (Å²) in [4.78, 5) is 24.5. The van der Waals surface area contributed by atoms with Crippen molar-refractivity contribution in [1.82, 2.24) is 9.21 Å². The number of amides is 1. The monoisotopic (exact) mass is 320 g/mol. The third-order valence-corrected chi connectivity index (χ3v) is 5.59. The summed E-state index contributed by atoms with van der Waals surface area (Å²) in [6.07, 6.45) is 0.954. The minimum Gasteiger partial charge on any atom is -0.480 e. The van der Waals surface area contributed by atoms with Gasteiger partial charge in [-0.3, -0.25) is 9.59 Å². The molecule has 1 aliphatic heterocycles. The maximum atomic E-state index is 12.1. The highest BCUT2D eigenvalue weighted by Crippen LogP contribution is 2.20. The van der Waals surface area contributed by atoms with Crippen LogP contribution in [-0.2, 0) is 19.6 Å². The highest BCUT2D eigenvalue weighted by molar-refractivity contribution is 7.89. The van der Waals surface area contributed by atoms with Gasteiger partial charge in [0.2, 0.25) is 15.9 Å². The molecule has 1 heterocycles. The van der Waals surface area contributed by atoms with Crippen molar-refractivity contribution < 1.29 is 23.1 Å². The molecule has 8 heteroatoms. The van der Waals surface area contributed by atoms with Crippen molar-refractivity contribution in [2.24, 2.45) is 5.92 Å². The summed E-state index contributed by atoms with van der Waals surface area (Å²) in [6.45, 7) is 5.40. The zero-order valence-corrected chi connectivity index (χ0v) is 13.6. The fourth-order valence-electron chi connectivity index (χ4n) is 2.48. The minimum atomic E-state index is -3.22. The number of nitrogens with zero attached hydrogens (tertiary/aromatic N) is 2. The Morgan fingerprint density at radius 2 is 1.81 bits per heavy atom. The van der Waals surface area contributed by atoms with Gasteiger partial charge in [0.05, 0.1) is 5.75 Å². The topological polar surface area (TPSA) is 95.0 Å². The summed E-state index contributed by atoms with van der Waals surface area (Å²) >= 11 is 0. The highest BCUT2D eigenvalue weighted by Gasteiger charge is 2.33. The molecule has 0 bridgehead atoms. The van der Waals surface area contributed by atoms with E-state index in [1.54, 1.807) is 20.8 Å². The molecule has 1 amide bonds. The Bertz CT molecular complexity index is 481. The van der Waals surface area contributed by atoms with Gasteiger partial charge in [0.1, 0.15) is 6.54 Å². The number of carboxylic acid groups (broad SMARTS) is 1. The molecule has 0 aromatic heterocycles. The molecule has 7 nitrogen and oxygen atoms in total. The molecule has 1 aliphatic rings. The van der Waals surface area contributed by atoms with Gasteiger partial charge in [0.15, 0.2) is 0 Å². The van der Waals surface area contributed by atoms with Crippen molar-refractivity contribution in [3.63, 3.8) is 0 Å². The number of rotatable bonds is 6. The quantitative estimate of drug-likeness (QED) is 0.763. The average molecular weight is 320 g/mol. The molecule has 0 radical (unpaired) electrons. The van der Waals surface area contributed by atoms with Gasteiger partial charge in [-0.15, -0.1) is 0 Å². The van der Waals surface area contributed by atoms with Crippen molar-refractivity contribution in [1.29, 1.82) is 0 Å². The van der Waals surface area contributed by atoms with E-state index in [9.17, 15) is 18.0 Å². The second-order valence-electron chi connectivity index (χ2n) is 5.55. The van der Waals surface area contributed by atoms with Crippen molar-refractivity contribution in [3.05, 3.63) is 0 Å². The Hall–Kier alpha value is -1.15. The normalized spacial score (nSPS) is 17.9. The first-order valence-electron chi connectivity index (χ1n) is 7.19. The van der Waals surface area contributed by atoms with E-state index in [0.717, 1.165) is 0 Å². The fraction of sp³-hybridized carbons (Fsp3) is 0.846. The lowest BCUT2D eigenvalue weighted by atomic mass is 10.0. The van der Waals surface area contributed by atoms with Crippen LogP contribution in [-0.4, -0.2) is 66.0 Å². The zero-order chi connectivity index (χ0) is 16.2. The summed E-state index contributed by atoms with van der Waals surface area (Å²) in [5, 5.41) is 8.96. The number of sulfonamides is 1. The molecular formula is C13H24N2O5S.